The smallest absolute Gasteiger partial charge is 0.410 e. The van der Waals surface area contributed by atoms with Gasteiger partial charge < -0.3 is 29.3 Å². The van der Waals surface area contributed by atoms with Gasteiger partial charge in [-0.25, -0.2) is 9.59 Å². The molecule has 1 unspecified atom stereocenters. The zero-order valence-electron chi connectivity index (χ0n) is 27.3. The highest BCUT2D eigenvalue weighted by atomic mass is 16.6. The molecule has 2 aliphatic carbocycles. The Morgan fingerprint density at radius 1 is 0.957 bits per heavy atom. The quantitative estimate of drug-likeness (QED) is 0.217. The van der Waals surface area contributed by atoms with E-state index in [0.29, 0.717) is 38.8 Å². The highest BCUT2D eigenvalue weighted by molar-refractivity contribution is 6.01. The maximum absolute atomic E-state index is 14.3. The van der Waals surface area contributed by atoms with Crippen LogP contribution in [0.4, 0.5) is 4.79 Å². The Labute approximate surface area is 276 Å². The molecule has 3 amide bonds. The van der Waals surface area contributed by atoms with Crippen LogP contribution >= 0.6 is 0 Å². The van der Waals surface area contributed by atoms with E-state index in [0.717, 1.165) is 50.5 Å². The Balaban J connectivity index is 1.23. The van der Waals surface area contributed by atoms with Crippen LogP contribution in [0.1, 0.15) is 88.7 Å². The minimum absolute atomic E-state index is 0.0317. The second kappa shape index (κ2) is 14.5. The zero-order chi connectivity index (χ0) is 33.0. The number of esters is 2. The molecule has 11 heteroatoms. The highest BCUT2D eigenvalue weighted by Crippen LogP contribution is 2.46. The van der Waals surface area contributed by atoms with Gasteiger partial charge in [-0.1, -0.05) is 49.3 Å². The van der Waals surface area contributed by atoms with Crippen molar-refractivity contribution in [3.05, 3.63) is 47.5 Å². The van der Waals surface area contributed by atoms with Crippen LogP contribution in [0, 0.1) is 11.8 Å². The van der Waals surface area contributed by atoms with Crippen LogP contribution in [-0.4, -0.2) is 83.1 Å². The Kier molecular flexibility index (Phi) is 10.2. The highest BCUT2D eigenvalue weighted by Gasteiger charge is 2.62. The molecule has 1 N–H and O–H groups in total. The van der Waals surface area contributed by atoms with Gasteiger partial charge in [0.2, 0.25) is 11.8 Å². The number of allylic oxidation sites excluding steroid dienone is 1. The molecule has 0 spiro atoms. The number of benzene rings is 1. The minimum Gasteiger partial charge on any atom is -0.464 e. The average molecular weight is 650 g/mol. The van der Waals surface area contributed by atoms with Gasteiger partial charge in [-0.3, -0.25) is 14.4 Å². The molecule has 254 valence electrons. The van der Waals surface area contributed by atoms with Gasteiger partial charge in [0.1, 0.15) is 29.7 Å². The topological polar surface area (TPSA) is 132 Å². The first-order chi connectivity index (χ1) is 22.8. The first-order valence-electron chi connectivity index (χ1n) is 17.5. The number of carbonyl (C=O) groups is 5. The Bertz CT molecular complexity index is 1390. The fourth-order valence-electron chi connectivity index (χ4n) is 7.60. The number of hydrogen-bond acceptors (Lipinski definition) is 8. The third-order valence-corrected chi connectivity index (χ3v) is 10.4. The number of carbonyl (C=O) groups excluding carboxylic acids is 5. The lowest BCUT2D eigenvalue weighted by Gasteiger charge is -2.29. The van der Waals surface area contributed by atoms with Crippen LogP contribution in [0.2, 0.25) is 0 Å². The van der Waals surface area contributed by atoms with Crippen LogP contribution < -0.4 is 5.32 Å². The Morgan fingerprint density at radius 2 is 1.72 bits per heavy atom. The predicted molar refractivity (Wildman–Crippen MR) is 171 cm³/mol. The van der Waals surface area contributed by atoms with E-state index in [1.54, 1.807) is 11.8 Å². The molecule has 1 aromatic rings. The fraction of sp³-hybridized carbons (Fsp3) is 0.639. The van der Waals surface area contributed by atoms with E-state index in [1.165, 1.54) is 10.5 Å². The molecule has 2 saturated carbocycles. The Hall–Kier alpha value is -3.89. The van der Waals surface area contributed by atoms with Gasteiger partial charge in [0.25, 0.3) is 0 Å². The van der Waals surface area contributed by atoms with E-state index in [4.69, 9.17) is 14.2 Å². The summed E-state index contributed by atoms with van der Waals surface area (Å²) >= 11 is 0. The van der Waals surface area contributed by atoms with Gasteiger partial charge in [0.15, 0.2) is 0 Å². The first-order valence-corrected chi connectivity index (χ1v) is 17.5. The summed E-state index contributed by atoms with van der Waals surface area (Å²) in [6.07, 6.45) is 10.7. The fourth-order valence-corrected chi connectivity index (χ4v) is 7.60. The van der Waals surface area contributed by atoms with Crippen molar-refractivity contribution in [1.82, 2.24) is 15.1 Å². The molecule has 0 radical (unpaired) electrons. The number of hydrogen-bond donors (Lipinski definition) is 1. The Morgan fingerprint density at radius 3 is 2.51 bits per heavy atom. The molecule has 5 atom stereocenters. The van der Waals surface area contributed by atoms with Gasteiger partial charge in [0, 0.05) is 25.4 Å². The summed E-state index contributed by atoms with van der Waals surface area (Å²) in [5, 5.41) is 2.94. The third-order valence-electron chi connectivity index (χ3n) is 10.4. The maximum atomic E-state index is 14.3. The standard InChI is InChI=1S/C36H47N3O8/c1-2-45-34(43)36-21-26(36)14-6-4-3-5-7-17-29(33(42)46-27-15-10-11-16-27)32(41)39-23-28(20-30(39)31(40)37-36)47-35(44)38-19-18-24-12-8-9-13-25(24)22-38/h6,8-9,12-14,26-30H,2-5,7,10-11,15-23H2,1H3,(H,37,40)/b14-6-/t26-,28+,29?,30-,36+/m0/s1. The van der Waals surface area contributed by atoms with Crippen molar-refractivity contribution in [3.8, 4) is 0 Å². The van der Waals surface area contributed by atoms with Gasteiger partial charge >= 0.3 is 18.0 Å². The summed E-state index contributed by atoms with van der Waals surface area (Å²) in [7, 11) is 0. The monoisotopic (exact) mass is 649 g/mol. The summed E-state index contributed by atoms with van der Waals surface area (Å²) in [5.74, 6) is -3.36. The van der Waals surface area contributed by atoms with Crippen LogP contribution in [0.3, 0.4) is 0 Å². The van der Waals surface area contributed by atoms with Crippen LogP contribution in [-0.2, 0) is 46.4 Å². The van der Waals surface area contributed by atoms with Crippen molar-refractivity contribution < 1.29 is 38.2 Å². The SMILES string of the molecule is CCOC(=O)[C@@]12C[C@@H]1/C=C\CCCCCC(C(=O)OC1CCCC1)C(=O)N1C[C@H](OC(=O)N3CCc4ccccc4C3)C[C@H]1C(=O)N2. The second-order valence-corrected chi connectivity index (χ2v) is 13.6. The number of ether oxygens (including phenoxy) is 3. The largest absolute Gasteiger partial charge is 0.464 e. The lowest BCUT2D eigenvalue weighted by Crippen LogP contribution is -2.54. The number of fused-ring (bicyclic) bond motifs is 3. The average Bonchev–Trinajstić information content (AvgIpc) is 3.35. The van der Waals surface area contributed by atoms with Crippen LogP contribution in [0.15, 0.2) is 36.4 Å². The lowest BCUT2D eigenvalue weighted by atomic mass is 9.98. The minimum atomic E-state index is -1.21. The van der Waals surface area contributed by atoms with E-state index < -0.39 is 53.4 Å². The number of rotatable bonds is 5. The molecule has 3 heterocycles. The van der Waals surface area contributed by atoms with E-state index >= 15 is 0 Å². The number of nitrogens with zero attached hydrogens (tertiary/aromatic N) is 2. The van der Waals surface area contributed by atoms with Crippen molar-refractivity contribution in [2.45, 2.75) is 114 Å². The summed E-state index contributed by atoms with van der Waals surface area (Å²) < 4.78 is 17.2. The molecule has 0 bridgehead atoms. The molecular weight excluding hydrogens is 602 g/mol. The first kappa shape index (κ1) is 33.0. The van der Waals surface area contributed by atoms with Crippen molar-refractivity contribution in [3.63, 3.8) is 0 Å². The van der Waals surface area contributed by atoms with E-state index in [1.807, 2.05) is 30.4 Å². The summed E-state index contributed by atoms with van der Waals surface area (Å²) in [5.41, 5.74) is 1.05. The third kappa shape index (κ3) is 7.33. The van der Waals surface area contributed by atoms with E-state index in [9.17, 15) is 24.0 Å². The van der Waals surface area contributed by atoms with E-state index in [2.05, 4.69) is 11.4 Å². The molecule has 1 aromatic carbocycles. The van der Waals surface area contributed by atoms with E-state index in [-0.39, 0.29) is 31.6 Å². The molecule has 3 aliphatic heterocycles. The molecule has 3 fully saturated rings. The van der Waals surface area contributed by atoms with Gasteiger partial charge in [0.05, 0.1) is 13.2 Å². The van der Waals surface area contributed by atoms with Gasteiger partial charge in [-0.05, 0) is 75.8 Å². The second-order valence-electron chi connectivity index (χ2n) is 13.6. The van der Waals surface area contributed by atoms with Crippen molar-refractivity contribution in [1.29, 1.82) is 0 Å². The number of amides is 3. The maximum Gasteiger partial charge on any atom is 0.410 e. The molecule has 0 aromatic heterocycles. The van der Waals surface area contributed by atoms with Crippen LogP contribution in [0.5, 0.6) is 0 Å². The lowest BCUT2D eigenvalue weighted by molar-refractivity contribution is -0.161. The molecule has 6 rings (SSSR count). The normalized spacial score (nSPS) is 30.5. The predicted octanol–water partition coefficient (Wildman–Crippen LogP) is 4.21. The molecule has 5 aliphatic rings. The zero-order valence-corrected chi connectivity index (χ0v) is 27.3. The molecule has 1 saturated heterocycles. The van der Waals surface area contributed by atoms with Gasteiger partial charge in [-0.15, -0.1) is 0 Å². The van der Waals surface area contributed by atoms with Crippen molar-refractivity contribution >= 4 is 29.8 Å². The summed E-state index contributed by atoms with van der Waals surface area (Å²) in [4.78, 5) is 71.4. The van der Waals surface area contributed by atoms with Crippen LogP contribution in [0.25, 0.3) is 0 Å². The van der Waals surface area contributed by atoms with Crippen molar-refractivity contribution in [2.24, 2.45) is 11.8 Å². The van der Waals surface area contributed by atoms with Crippen molar-refractivity contribution in [2.75, 3.05) is 19.7 Å². The number of nitrogens with one attached hydrogen (secondary N) is 1. The summed E-state index contributed by atoms with van der Waals surface area (Å²) in [6, 6.07) is 6.94. The van der Waals surface area contributed by atoms with Gasteiger partial charge in [-0.2, -0.15) is 0 Å². The molecule has 11 nitrogen and oxygen atoms in total. The molecule has 47 heavy (non-hydrogen) atoms. The molecular formula is C36H47N3O8. The summed E-state index contributed by atoms with van der Waals surface area (Å²) in [6.45, 7) is 2.78.